The fourth-order valence-corrected chi connectivity index (χ4v) is 5.27. The monoisotopic (exact) mass is 532 g/mol. The van der Waals surface area contributed by atoms with Gasteiger partial charge in [-0.1, -0.05) is 18.2 Å². The number of aryl methyl sites for hydroxylation is 1. The van der Waals surface area contributed by atoms with Gasteiger partial charge in [0.15, 0.2) is 5.82 Å². The van der Waals surface area contributed by atoms with Gasteiger partial charge in [0, 0.05) is 44.8 Å². The van der Waals surface area contributed by atoms with Crippen molar-refractivity contribution in [2.75, 3.05) is 40.0 Å². The highest BCUT2D eigenvalue weighted by molar-refractivity contribution is 5.98. The Kier molecular flexibility index (Phi) is 8.11. The topological polar surface area (TPSA) is 102 Å². The van der Waals surface area contributed by atoms with Gasteiger partial charge in [0.25, 0.3) is 5.91 Å². The van der Waals surface area contributed by atoms with E-state index >= 15 is 0 Å². The molecule has 1 saturated heterocycles. The van der Waals surface area contributed by atoms with E-state index in [-0.39, 0.29) is 11.9 Å². The molecule has 0 bridgehead atoms. The summed E-state index contributed by atoms with van der Waals surface area (Å²) in [5.41, 5.74) is 4.18. The number of ether oxygens (including phenoxy) is 2. The van der Waals surface area contributed by atoms with E-state index in [2.05, 4.69) is 20.1 Å². The Labute approximate surface area is 229 Å². The van der Waals surface area contributed by atoms with E-state index < -0.39 is 0 Å². The summed E-state index contributed by atoms with van der Waals surface area (Å²) >= 11 is 0. The van der Waals surface area contributed by atoms with E-state index in [1.54, 1.807) is 7.11 Å². The molecular formula is C29H36N6O4. The number of carbonyl (C=O) groups excluding carboxylic acids is 2. The summed E-state index contributed by atoms with van der Waals surface area (Å²) in [6, 6.07) is 3.80. The Morgan fingerprint density at radius 3 is 2.64 bits per heavy atom. The number of hydrogen-bond donors (Lipinski definition) is 1. The Bertz CT molecular complexity index is 1340. The lowest BCUT2D eigenvalue weighted by molar-refractivity contribution is 0.0421. The third-order valence-corrected chi connectivity index (χ3v) is 7.48. The minimum Gasteiger partial charge on any atom is -0.496 e. The van der Waals surface area contributed by atoms with Gasteiger partial charge in [0.2, 0.25) is 0 Å². The predicted molar refractivity (Wildman–Crippen MR) is 147 cm³/mol. The van der Waals surface area contributed by atoms with Crippen molar-refractivity contribution in [2.45, 2.75) is 46.2 Å². The van der Waals surface area contributed by atoms with Crippen LogP contribution >= 0.6 is 0 Å². The number of aromatic nitrogens is 3. The first-order chi connectivity index (χ1) is 19.0. The number of benzene rings is 1. The molecule has 0 saturated carbocycles. The molecule has 0 radical (unpaired) electrons. The summed E-state index contributed by atoms with van der Waals surface area (Å²) < 4.78 is 13.1. The van der Waals surface area contributed by atoms with E-state index in [1.165, 1.54) is 0 Å². The van der Waals surface area contributed by atoms with E-state index in [9.17, 15) is 9.59 Å². The van der Waals surface area contributed by atoms with Crippen LogP contribution in [0.2, 0.25) is 0 Å². The maximum absolute atomic E-state index is 13.3. The van der Waals surface area contributed by atoms with Crippen molar-refractivity contribution in [3.05, 3.63) is 70.5 Å². The van der Waals surface area contributed by atoms with Crippen LogP contribution in [0, 0.1) is 0 Å². The quantitative estimate of drug-likeness (QED) is 0.573. The van der Waals surface area contributed by atoms with Crippen LogP contribution in [0.25, 0.3) is 5.57 Å². The molecule has 3 aliphatic rings. The largest absolute Gasteiger partial charge is 0.496 e. The number of allylic oxidation sites excluding steroid dienone is 5. The van der Waals surface area contributed by atoms with Gasteiger partial charge in [-0.05, 0) is 61.6 Å². The van der Waals surface area contributed by atoms with E-state index in [0.717, 1.165) is 47.7 Å². The van der Waals surface area contributed by atoms with E-state index in [4.69, 9.17) is 9.47 Å². The number of urea groups is 1. The number of amides is 3. The second-order valence-electron chi connectivity index (χ2n) is 9.98. The third-order valence-electron chi connectivity index (χ3n) is 7.48. The zero-order chi connectivity index (χ0) is 27.4. The van der Waals surface area contributed by atoms with Crippen molar-refractivity contribution >= 4 is 17.5 Å². The van der Waals surface area contributed by atoms with Crippen molar-refractivity contribution in [3.8, 4) is 5.75 Å². The minimum absolute atomic E-state index is 0.0199. The summed E-state index contributed by atoms with van der Waals surface area (Å²) in [7, 11) is 1.57. The number of nitrogens with zero attached hydrogens (tertiary/aromatic N) is 5. The Balaban J connectivity index is 1.28. The first-order valence-electron chi connectivity index (χ1n) is 13.5. The van der Waals surface area contributed by atoms with Gasteiger partial charge in [0.05, 0.1) is 25.9 Å². The normalized spacial score (nSPS) is 17.8. The third kappa shape index (κ3) is 5.75. The fraction of sp³-hybridized carbons (Fsp3) is 0.448. The lowest BCUT2D eigenvalue weighted by Gasteiger charge is -2.35. The number of methoxy groups -OCH3 is 1. The second kappa shape index (κ2) is 11.9. The Morgan fingerprint density at radius 2 is 1.87 bits per heavy atom. The highest BCUT2D eigenvalue weighted by Crippen LogP contribution is 2.29. The lowest BCUT2D eigenvalue weighted by Crippen LogP contribution is -2.49. The summed E-state index contributed by atoms with van der Waals surface area (Å²) in [4.78, 5) is 30.1. The van der Waals surface area contributed by atoms with Gasteiger partial charge in [-0.15, -0.1) is 10.2 Å². The van der Waals surface area contributed by atoms with Crippen LogP contribution in [0.1, 0.15) is 53.4 Å². The average Bonchev–Trinajstić information content (AvgIpc) is 3.60. The van der Waals surface area contributed by atoms with Gasteiger partial charge in [-0.2, -0.15) is 0 Å². The molecule has 10 nitrogen and oxygen atoms in total. The van der Waals surface area contributed by atoms with Crippen LogP contribution < -0.4 is 10.1 Å². The summed E-state index contributed by atoms with van der Waals surface area (Å²) in [5.74, 6) is 2.18. The van der Waals surface area contributed by atoms with Crippen molar-refractivity contribution in [1.82, 2.24) is 29.9 Å². The van der Waals surface area contributed by atoms with Gasteiger partial charge in [0.1, 0.15) is 11.6 Å². The number of morpholine rings is 1. The summed E-state index contributed by atoms with van der Waals surface area (Å²) in [6.45, 7) is 8.28. The predicted octanol–water partition coefficient (Wildman–Crippen LogP) is 3.34. The molecule has 2 aromatic rings. The van der Waals surface area contributed by atoms with Crippen LogP contribution in [0.3, 0.4) is 0 Å². The Morgan fingerprint density at radius 1 is 1.05 bits per heavy atom. The molecule has 206 valence electrons. The fourth-order valence-electron chi connectivity index (χ4n) is 5.27. The molecule has 10 heteroatoms. The number of hydrogen-bond acceptors (Lipinski definition) is 6. The molecule has 0 aliphatic carbocycles. The highest BCUT2D eigenvalue weighted by Gasteiger charge is 2.28. The molecule has 0 atom stereocenters. The summed E-state index contributed by atoms with van der Waals surface area (Å²) in [6.07, 6.45) is 10.4. The second-order valence-corrected chi connectivity index (χ2v) is 9.98. The lowest BCUT2D eigenvalue weighted by atomic mass is 9.96. The van der Waals surface area contributed by atoms with Crippen molar-refractivity contribution in [1.29, 1.82) is 0 Å². The number of carbonyl (C=O) groups is 2. The highest BCUT2D eigenvalue weighted by atomic mass is 16.5. The van der Waals surface area contributed by atoms with Gasteiger partial charge in [-0.25, -0.2) is 4.79 Å². The van der Waals surface area contributed by atoms with Gasteiger partial charge < -0.3 is 29.2 Å². The molecule has 3 aliphatic heterocycles. The first kappa shape index (κ1) is 26.7. The van der Waals surface area contributed by atoms with Crippen LogP contribution in [-0.4, -0.2) is 76.5 Å². The molecule has 1 aromatic heterocycles. The van der Waals surface area contributed by atoms with Crippen LogP contribution in [0.4, 0.5) is 4.79 Å². The maximum atomic E-state index is 13.3. The molecule has 0 unspecified atom stereocenters. The first-order valence-corrected chi connectivity index (χ1v) is 13.5. The number of nitrogens with one attached hydrogen (secondary N) is 1. The molecule has 3 amide bonds. The SMILES string of the molecule is C/C=C(/C=C\C=C(/C)c1nnc2n1CCC2)NC(=O)c1cc2c(cc1OC)CCN(C(=O)N1CCOCC1)C2. The zero-order valence-corrected chi connectivity index (χ0v) is 22.9. The molecule has 5 rings (SSSR count). The molecular weight excluding hydrogens is 496 g/mol. The van der Waals surface area contributed by atoms with Crippen molar-refractivity contribution in [2.24, 2.45) is 0 Å². The maximum Gasteiger partial charge on any atom is 0.320 e. The number of fused-ring (bicyclic) bond motifs is 2. The Hall–Kier alpha value is -3.92. The molecule has 4 heterocycles. The minimum atomic E-state index is -0.264. The molecule has 1 aromatic carbocycles. The number of rotatable bonds is 6. The van der Waals surface area contributed by atoms with Crippen LogP contribution in [0.5, 0.6) is 5.75 Å². The molecule has 0 spiro atoms. The average molecular weight is 533 g/mol. The van der Waals surface area contributed by atoms with E-state index in [1.807, 2.05) is 60.1 Å². The van der Waals surface area contributed by atoms with Gasteiger partial charge >= 0.3 is 6.03 Å². The van der Waals surface area contributed by atoms with Gasteiger partial charge in [-0.3, -0.25) is 4.79 Å². The standard InChI is InChI=1S/C29H36N6O4/c1-4-23(8-5-7-20(2)27-32-31-26-9-6-11-35(26)27)30-28(36)24-17-22-19-34(12-10-21(22)18-25(24)38-3)29(37)33-13-15-39-16-14-33/h4-5,7-8,17-18H,6,9-16,19H2,1-3H3,(H,30,36)/b8-5-,20-7+,23-4-. The molecule has 1 N–H and O–H groups in total. The van der Waals surface area contributed by atoms with Crippen LogP contribution in [0.15, 0.2) is 42.1 Å². The summed E-state index contributed by atoms with van der Waals surface area (Å²) in [5, 5.41) is 11.6. The zero-order valence-electron chi connectivity index (χ0n) is 22.9. The smallest absolute Gasteiger partial charge is 0.320 e. The molecule has 39 heavy (non-hydrogen) atoms. The van der Waals surface area contributed by atoms with Crippen molar-refractivity contribution < 1.29 is 19.1 Å². The van der Waals surface area contributed by atoms with Crippen molar-refractivity contribution in [3.63, 3.8) is 0 Å². The van der Waals surface area contributed by atoms with E-state index in [0.29, 0.717) is 62.8 Å². The van der Waals surface area contributed by atoms with Crippen LogP contribution in [-0.2, 0) is 30.7 Å². The molecule has 1 fully saturated rings.